The Labute approximate surface area is 139 Å². The lowest BCUT2D eigenvalue weighted by Crippen LogP contribution is -2.24. The van der Waals surface area contributed by atoms with E-state index in [0.717, 1.165) is 22.9 Å². The molecule has 0 radical (unpaired) electrons. The number of aliphatic carboxylic acids is 1. The molecule has 0 atom stereocenters. The molecule has 7 nitrogen and oxygen atoms in total. The molecule has 0 aromatic carbocycles. The largest absolute Gasteiger partial charge is 0.549 e. The van der Waals surface area contributed by atoms with Crippen molar-refractivity contribution in [2.75, 3.05) is 5.75 Å². The van der Waals surface area contributed by atoms with E-state index >= 15 is 0 Å². The lowest BCUT2D eigenvalue weighted by molar-refractivity contribution is -0.301. The minimum Gasteiger partial charge on any atom is -0.549 e. The van der Waals surface area contributed by atoms with Gasteiger partial charge in [0, 0.05) is 11.3 Å². The zero-order valence-electron chi connectivity index (χ0n) is 12.0. The summed E-state index contributed by atoms with van der Waals surface area (Å²) in [5.41, 5.74) is 1.69. The highest BCUT2D eigenvalue weighted by Crippen LogP contribution is 2.26. The summed E-state index contributed by atoms with van der Waals surface area (Å²) in [5.74, 6) is -0.229. The Morgan fingerprint density at radius 1 is 1.52 bits per heavy atom. The van der Waals surface area contributed by atoms with Crippen LogP contribution in [0.3, 0.4) is 0 Å². The van der Waals surface area contributed by atoms with E-state index in [-0.39, 0.29) is 5.75 Å². The summed E-state index contributed by atoms with van der Waals surface area (Å²) in [6, 6.07) is 3.69. The van der Waals surface area contributed by atoms with Crippen LogP contribution in [0.25, 0.3) is 11.4 Å². The highest BCUT2D eigenvalue weighted by Gasteiger charge is 2.17. The Kier molecular flexibility index (Phi) is 4.58. The number of carboxylic acids is 1. The fourth-order valence-corrected chi connectivity index (χ4v) is 3.05. The SMILES string of the molecule is Cc1occc1-c1nnc(SCC(=O)[O-])n1/N=C\c1ccsc1. The monoisotopic (exact) mass is 347 g/mol. The van der Waals surface area contributed by atoms with Gasteiger partial charge in [-0.05, 0) is 29.8 Å². The van der Waals surface area contributed by atoms with Crippen LogP contribution >= 0.6 is 23.1 Å². The number of aryl methyl sites for hydroxylation is 1. The average molecular weight is 347 g/mol. The van der Waals surface area contributed by atoms with E-state index in [2.05, 4.69) is 15.3 Å². The van der Waals surface area contributed by atoms with Crippen LogP contribution < -0.4 is 5.11 Å². The Bertz CT molecular complexity index is 836. The predicted molar refractivity (Wildman–Crippen MR) is 85.5 cm³/mol. The Hall–Kier alpha value is -2.39. The molecule has 3 aromatic rings. The lowest BCUT2D eigenvalue weighted by Gasteiger charge is -2.04. The number of aromatic nitrogens is 3. The number of carboxylic acid groups (broad SMARTS) is 1. The number of hydrogen-bond donors (Lipinski definition) is 0. The van der Waals surface area contributed by atoms with Crippen molar-refractivity contribution in [3.05, 3.63) is 40.5 Å². The zero-order valence-corrected chi connectivity index (χ0v) is 13.6. The first-order valence-electron chi connectivity index (χ1n) is 6.54. The van der Waals surface area contributed by atoms with Gasteiger partial charge in [-0.15, -0.1) is 10.2 Å². The molecule has 3 rings (SSSR count). The van der Waals surface area contributed by atoms with Crippen molar-refractivity contribution in [3.8, 4) is 11.4 Å². The molecule has 23 heavy (non-hydrogen) atoms. The smallest absolute Gasteiger partial charge is 0.212 e. The molecule has 0 bridgehead atoms. The third kappa shape index (κ3) is 3.51. The molecule has 0 unspecified atom stereocenters. The molecule has 3 aromatic heterocycles. The molecule has 9 heteroatoms. The van der Waals surface area contributed by atoms with E-state index < -0.39 is 5.97 Å². The van der Waals surface area contributed by atoms with Crippen LogP contribution in [0, 0.1) is 6.92 Å². The molecule has 0 aliphatic heterocycles. The molecule has 0 aliphatic carbocycles. The van der Waals surface area contributed by atoms with E-state index in [0.29, 0.717) is 16.7 Å². The molecule has 0 aliphatic rings. The van der Waals surface area contributed by atoms with Crippen molar-refractivity contribution in [2.45, 2.75) is 12.1 Å². The van der Waals surface area contributed by atoms with Crippen LogP contribution in [0.15, 0.2) is 43.8 Å². The first-order valence-corrected chi connectivity index (χ1v) is 8.47. The quantitative estimate of drug-likeness (QED) is 0.497. The van der Waals surface area contributed by atoms with Gasteiger partial charge in [-0.3, -0.25) is 0 Å². The standard InChI is InChI=1S/C14H12N4O3S2/c1-9-11(2-4-21-9)13-16-17-14(23-8-12(19)20)18(13)15-6-10-3-5-22-7-10/h2-7H,8H2,1H3,(H,19,20)/p-1/b15-6-. The molecular weight excluding hydrogens is 336 g/mol. The Balaban J connectivity index is 1.99. The van der Waals surface area contributed by atoms with E-state index in [1.165, 1.54) is 4.68 Å². The number of nitrogens with zero attached hydrogens (tertiary/aromatic N) is 4. The molecule has 0 spiro atoms. The van der Waals surface area contributed by atoms with Crippen LogP contribution in [0.2, 0.25) is 0 Å². The number of thioether (sulfide) groups is 1. The highest BCUT2D eigenvalue weighted by molar-refractivity contribution is 7.99. The minimum atomic E-state index is -1.17. The van der Waals surface area contributed by atoms with Gasteiger partial charge < -0.3 is 14.3 Å². The normalized spacial score (nSPS) is 11.3. The van der Waals surface area contributed by atoms with Gasteiger partial charge in [0.05, 0.1) is 24.0 Å². The van der Waals surface area contributed by atoms with E-state index in [1.807, 2.05) is 23.8 Å². The molecule has 0 saturated heterocycles. The maximum atomic E-state index is 10.7. The summed E-state index contributed by atoms with van der Waals surface area (Å²) >= 11 is 2.56. The maximum absolute atomic E-state index is 10.7. The fourth-order valence-electron chi connectivity index (χ4n) is 1.84. The predicted octanol–water partition coefficient (Wildman–Crippen LogP) is 1.63. The van der Waals surface area contributed by atoms with Crippen molar-refractivity contribution in [1.82, 2.24) is 14.9 Å². The Morgan fingerprint density at radius 3 is 3.04 bits per heavy atom. The fraction of sp³-hybridized carbons (Fsp3) is 0.143. The Morgan fingerprint density at radius 2 is 2.39 bits per heavy atom. The molecular formula is C14H11N4O3S2-. The van der Waals surface area contributed by atoms with Crippen LogP contribution in [0.5, 0.6) is 0 Å². The molecule has 0 saturated carbocycles. The molecule has 0 N–H and O–H groups in total. The summed E-state index contributed by atoms with van der Waals surface area (Å²) in [6.45, 7) is 1.81. The number of carbonyl (C=O) groups excluding carboxylic acids is 1. The van der Waals surface area contributed by atoms with Gasteiger partial charge in [0.25, 0.3) is 0 Å². The molecule has 0 amide bonds. The molecule has 3 heterocycles. The van der Waals surface area contributed by atoms with Crippen molar-refractivity contribution in [3.63, 3.8) is 0 Å². The molecule has 0 fully saturated rings. The lowest BCUT2D eigenvalue weighted by atomic mass is 10.2. The van der Waals surface area contributed by atoms with Crippen LogP contribution in [0.4, 0.5) is 0 Å². The van der Waals surface area contributed by atoms with E-state index in [4.69, 9.17) is 4.42 Å². The van der Waals surface area contributed by atoms with Crippen molar-refractivity contribution in [1.29, 1.82) is 0 Å². The van der Waals surface area contributed by atoms with Gasteiger partial charge in [-0.25, -0.2) is 0 Å². The summed E-state index contributed by atoms with van der Waals surface area (Å²) < 4.78 is 6.79. The molecule has 118 valence electrons. The third-order valence-corrected chi connectivity index (χ3v) is 4.49. The number of carbonyl (C=O) groups is 1. The van der Waals surface area contributed by atoms with Gasteiger partial charge in [0.2, 0.25) is 5.16 Å². The number of rotatable bonds is 6. The van der Waals surface area contributed by atoms with Crippen LogP contribution in [0.1, 0.15) is 11.3 Å². The average Bonchev–Trinajstić information content (AvgIpc) is 3.23. The zero-order chi connectivity index (χ0) is 16.2. The maximum Gasteiger partial charge on any atom is 0.212 e. The van der Waals surface area contributed by atoms with Crippen LogP contribution in [-0.4, -0.2) is 32.8 Å². The van der Waals surface area contributed by atoms with Crippen molar-refractivity contribution >= 4 is 35.3 Å². The second-order valence-corrected chi connectivity index (χ2v) is 6.19. The van der Waals surface area contributed by atoms with E-state index in [9.17, 15) is 9.90 Å². The van der Waals surface area contributed by atoms with Gasteiger partial charge in [-0.2, -0.15) is 21.1 Å². The van der Waals surface area contributed by atoms with Gasteiger partial charge in [0.15, 0.2) is 5.82 Å². The summed E-state index contributed by atoms with van der Waals surface area (Å²) in [6.07, 6.45) is 3.22. The first kappa shape index (κ1) is 15.5. The topological polar surface area (TPSA) is 96.3 Å². The minimum absolute atomic E-state index is 0.226. The van der Waals surface area contributed by atoms with Gasteiger partial charge in [-0.1, -0.05) is 11.8 Å². The second-order valence-electron chi connectivity index (χ2n) is 4.47. The summed E-state index contributed by atoms with van der Waals surface area (Å²) in [4.78, 5) is 10.7. The second kappa shape index (κ2) is 6.80. The van der Waals surface area contributed by atoms with Gasteiger partial charge >= 0.3 is 0 Å². The number of hydrogen-bond acceptors (Lipinski definition) is 8. The number of thiophene rings is 1. The third-order valence-electron chi connectivity index (χ3n) is 2.90. The highest BCUT2D eigenvalue weighted by atomic mass is 32.2. The van der Waals surface area contributed by atoms with Crippen molar-refractivity contribution < 1.29 is 14.3 Å². The van der Waals surface area contributed by atoms with E-state index in [1.54, 1.807) is 29.9 Å². The van der Waals surface area contributed by atoms with Crippen LogP contribution in [-0.2, 0) is 4.79 Å². The van der Waals surface area contributed by atoms with Crippen molar-refractivity contribution in [2.24, 2.45) is 5.10 Å². The summed E-state index contributed by atoms with van der Waals surface area (Å²) in [5, 5.41) is 27.4. The number of furan rings is 1. The first-order chi connectivity index (χ1) is 11.1. The van der Waals surface area contributed by atoms with Gasteiger partial charge in [0.1, 0.15) is 5.76 Å². The summed E-state index contributed by atoms with van der Waals surface area (Å²) in [7, 11) is 0.